The lowest BCUT2D eigenvalue weighted by Gasteiger charge is -2.20. The fourth-order valence-electron chi connectivity index (χ4n) is 1.79. The van der Waals surface area contributed by atoms with Crippen LogP contribution in [0.15, 0.2) is 45.3 Å². The summed E-state index contributed by atoms with van der Waals surface area (Å²) in [5.74, 6) is 0. The third kappa shape index (κ3) is 3.89. The average molecular weight is 440 g/mol. The molecule has 2 aromatic rings. The van der Waals surface area contributed by atoms with Crippen molar-refractivity contribution < 1.29 is 5.11 Å². The van der Waals surface area contributed by atoms with Crippen molar-refractivity contribution >= 4 is 60.7 Å². The van der Waals surface area contributed by atoms with E-state index in [2.05, 4.69) is 37.2 Å². The van der Waals surface area contributed by atoms with E-state index in [0.29, 0.717) is 10.0 Å². The molecule has 106 valence electrons. The Hall–Kier alpha value is -0.260. The Labute approximate surface area is 144 Å². The average Bonchev–Trinajstić information content (AvgIpc) is 2.41. The first-order valence-electron chi connectivity index (χ1n) is 5.78. The van der Waals surface area contributed by atoms with Crippen molar-refractivity contribution in [3.63, 3.8) is 0 Å². The van der Waals surface area contributed by atoms with Crippen LogP contribution in [-0.4, -0.2) is 11.7 Å². The minimum atomic E-state index is -0.241. The fraction of sp³-hybridized carbons (Fsp3) is 0.143. The van der Waals surface area contributed by atoms with Gasteiger partial charge < -0.3 is 10.4 Å². The number of benzene rings is 2. The van der Waals surface area contributed by atoms with Crippen molar-refractivity contribution in [1.82, 2.24) is 0 Å². The highest BCUT2D eigenvalue weighted by Crippen LogP contribution is 2.31. The number of aliphatic hydroxyl groups is 1. The number of hydrogen-bond donors (Lipinski definition) is 2. The van der Waals surface area contributed by atoms with Crippen LogP contribution in [0.1, 0.15) is 11.6 Å². The van der Waals surface area contributed by atoms with Gasteiger partial charge in [0.2, 0.25) is 0 Å². The highest BCUT2D eigenvalue weighted by atomic mass is 79.9. The summed E-state index contributed by atoms with van der Waals surface area (Å²) in [5.41, 5.74) is 1.80. The van der Waals surface area contributed by atoms with Crippen LogP contribution in [-0.2, 0) is 0 Å². The third-order valence-electron chi connectivity index (χ3n) is 2.78. The van der Waals surface area contributed by atoms with Crippen LogP contribution in [0.4, 0.5) is 5.69 Å². The van der Waals surface area contributed by atoms with Gasteiger partial charge in [0.1, 0.15) is 0 Å². The molecule has 6 heteroatoms. The Kier molecular flexibility index (Phi) is 5.75. The minimum Gasteiger partial charge on any atom is -0.394 e. The second-order valence-electron chi connectivity index (χ2n) is 4.17. The molecule has 0 saturated heterocycles. The van der Waals surface area contributed by atoms with E-state index >= 15 is 0 Å². The molecule has 0 spiro atoms. The molecule has 2 aromatic carbocycles. The van der Waals surface area contributed by atoms with E-state index < -0.39 is 0 Å². The van der Waals surface area contributed by atoms with Crippen LogP contribution in [0, 0.1) is 0 Å². The first-order chi connectivity index (χ1) is 9.51. The second-order valence-corrected chi connectivity index (χ2v) is 6.73. The summed E-state index contributed by atoms with van der Waals surface area (Å²) in [6.45, 7) is -0.0412. The molecule has 1 atom stereocenters. The number of rotatable bonds is 4. The van der Waals surface area contributed by atoms with Gasteiger partial charge in [-0.1, -0.05) is 45.2 Å². The lowest BCUT2D eigenvalue weighted by atomic mass is 10.1. The van der Waals surface area contributed by atoms with Crippen LogP contribution in [0.5, 0.6) is 0 Å². The molecule has 0 amide bonds. The van der Waals surface area contributed by atoms with Crippen molar-refractivity contribution in [2.24, 2.45) is 0 Å². The number of anilines is 1. The van der Waals surface area contributed by atoms with Gasteiger partial charge in [-0.3, -0.25) is 0 Å². The van der Waals surface area contributed by atoms with E-state index in [4.69, 9.17) is 23.2 Å². The number of hydrogen-bond acceptors (Lipinski definition) is 2. The van der Waals surface area contributed by atoms with Crippen molar-refractivity contribution in [1.29, 1.82) is 0 Å². The van der Waals surface area contributed by atoms with Crippen LogP contribution in [0.3, 0.4) is 0 Å². The molecule has 0 aliphatic heterocycles. The lowest BCUT2D eigenvalue weighted by molar-refractivity contribution is 0.276. The van der Waals surface area contributed by atoms with Crippen molar-refractivity contribution in [2.45, 2.75) is 6.04 Å². The zero-order chi connectivity index (χ0) is 14.7. The van der Waals surface area contributed by atoms with E-state index in [1.54, 1.807) is 18.2 Å². The molecular weight excluding hydrogens is 429 g/mol. The topological polar surface area (TPSA) is 32.3 Å². The first kappa shape index (κ1) is 16.1. The van der Waals surface area contributed by atoms with E-state index in [0.717, 1.165) is 20.2 Å². The molecule has 0 aliphatic rings. The normalized spacial score (nSPS) is 12.2. The zero-order valence-electron chi connectivity index (χ0n) is 10.2. The molecule has 0 radical (unpaired) electrons. The van der Waals surface area contributed by atoms with Gasteiger partial charge in [-0.25, -0.2) is 0 Å². The summed E-state index contributed by atoms with van der Waals surface area (Å²) in [6, 6.07) is 10.8. The Morgan fingerprint density at radius 2 is 1.80 bits per heavy atom. The fourth-order valence-corrected chi connectivity index (χ4v) is 3.25. The maximum Gasteiger partial charge on any atom is 0.0755 e. The minimum absolute atomic E-state index is 0.0412. The predicted octanol–water partition coefficient (Wildman–Crippen LogP) is 5.66. The van der Waals surface area contributed by atoms with Crippen molar-refractivity contribution in [2.75, 3.05) is 11.9 Å². The zero-order valence-corrected chi connectivity index (χ0v) is 14.9. The highest BCUT2D eigenvalue weighted by Gasteiger charge is 2.14. The van der Waals surface area contributed by atoms with Gasteiger partial charge >= 0.3 is 0 Å². The largest absolute Gasteiger partial charge is 0.394 e. The second kappa shape index (κ2) is 7.14. The maximum absolute atomic E-state index is 9.60. The Bertz CT molecular complexity index is 622. The van der Waals surface area contributed by atoms with Gasteiger partial charge in [-0.2, -0.15) is 0 Å². The molecule has 2 rings (SSSR count). The van der Waals surface area contributed by atoms with Crippen molar-refractivity contribution in [3.8, 4) is 0 Å². The van der Waals surface area contributed by atoms with Crippen LogP contribution in [0.2, 0.25) is 10.0 Å². The summed E-state index contributed by atoms with van der Waals surface area (Å²) in [5, 5.41) is 14.2. The standard InChI is InChI=1S/C14H11Br2Cl2NO/c15-11-5-8(17)1-3-10(11)14(7-20)19-9-2-4-13(18)12(16)6-9/h1-6,14,19-20H,7H2. The molecule has 1 unspecified atom stereocenters. The molecule has 0 aliphatic carbocycles. The molecule has 0 aromatic heterocycles. The number of nitrogens with one attached hydrogen (secondary N) is 1. The predicted molar refractivity (Wildman–Crippen MR) is 91.8 cm³/mol. The Morgan fingerprint density at radius 3 is 2.40 bits per heavy atom. The Balaban J connectivity index is 2.26. The highest BCUT2D eigenvalue weighted by molar-refractivity contribution is 9.10. The Morgan fingerprint density at radius 1 is 1.05 bits per heavy atom. The quantitative estimate of drug-likeness (QED) is 0.643. The summed E-state index contributed by atoms with van der Waals surface area (Å²) in [6.07, 6.45) is 0. The molecule has 0 heterocycles. The maximum atomic E-state index is 9.60. The summed E-state index contributed by atoms with van der Waals surface area (Å²) >= 11 is 18.7. The number of aliphatic hydroxyl groups excluding tert-OH is 1. The molecule has 2 nitrogen and oxygen atoms in total. The van der Waals surface area contributed by atoms with Gasteiger partial charge in [-0.15, -0.1) is 0 Å². The molecule has 2 N–H and O–H groups in total. The van der Waals surface area contributed by atoms with Gasteiger partial charge in [0.25, 0.3) is 0 Å². The summed E-state index contributed by atoms with van der Waals surface area (Å²) in [7, 11) is 0. The smallest absolute Gasteiger partial charge is 0.0755 e. The number of halogens is 4. The molecule has 0 saturated carbocycles. The van der Waals surface area contributed by atoms with E-state index in [-0.39, 0.29) is 12.6 Å². The van der Waals surface area contributed by atoms with Gasteiger partial charge in [0.05, 0.1) is 17.7 Å². The molecule has 0 bridgehead atoms. The summed E-state index contributed by atoms with van der Waals surface area (Å²) < 4.78 is 1.65. The van der Waals surface area contributed by atoms with Crippen LogP contribution < -0.4 is 5.32 Å². The monoisotopic (exact) mass is 437 g/mol. The molecular formula is C14H11Br2Cl2NO. The van der Waals surface area contributed by atoms with E-state index in [1.807, 2.05) is 18.2 Å². The van der Waals surface area contributed by atoms with Crippen LogP contribution >= 0.6 is 55.1 Å². The van der Waals surface area contributed by atoms with Gasteiger partial charge in [0.15, 0.2) is 0 Å². The van der Waals surface area contributed by atoms with Crippen LogP contribution in [0.25, 0.3) is 0 Å². The molecule has 0 fully saturated rings. The van der Waals surface area contributed by atoms with E-state index in [9.17, 15) is 5.11 Å². The SMILES string of the molecule is OCC(Nc1ccc(Cl)c(Br)c1)c1ccc(Cl)cc1Br. The van der Waals surface area contributed by atoms with Gasteiger partial charge in [-0.05, 0) is 51.8 Å². The van der Waals surface area contributed by atoms with Gasteiger partial charge in [0, 0.05) is 19.7 Å². The van der Waals surface area contributed by atoms with Crippen molar-refractivity contribution in [3.05, 3.63) is 61.0 Å². The third-order valence-corrected chi connectivity index (χ3v) is 4.92. The lowest BCUT2D eigenvalue weighted by Crippen LogP contribution is -2.15. The summed E-state index contributed by atoms with van der Waals surface area (Å²) in [4.78, 5) is 0. The molecule has 20 heavy (non-hydrogen) atoms. The first-order valence-corrected chi connectivity index (χ1v) is 8.13. The van der Waals surface area contributed by atoms with E-state index in [1.165, 1.54) is 0 Å².